The molecule has 0 N–H and O–H groups in total. The van der Waals surface area contributed by atoms with Gasteiger partial charge in [0.15, 0.2) is 0 Å². The van der Waals surface area contributed by atoms with Gasteiger partial charge in [0.05, 0.1) is 18.6 Å². The van der Waals surface area contributed by atoms with Crippen molar-refractivity contribution in [3.05, 3.63) is 0 Å². The van der Waals surface area contributed by atoms with Gasteiger partial charge in [0.25, 0.3) is 0 Å². The van der Waals surface area contributed by atoms with Crippen molar-refractivity contribution < 1.29 is 14.3 Å². The topological polar surface area (TPSA) is 35.5 Å². The van der Waals surface area contributed by atoms with Crippen molar-refractivity contribution in [2.45, 2.75) is 84.7 Å². The van der Waals surface area contributed by atoms with E-state index in [1.54, 1.807) is 0 Å². The summed E-state index contributed by atoms with van der Waals surface area (Å²) in [6.45, 7) is 10.5. The maximum atomic E-state index is 12.1. The third-order valence-corrected chi connectivity index (χ3v) is 7.97. The van der Waals surface area contributed by atoms with Crippen LogP contribution < -0.4 is 0 Å². The number of hydrogen-bond donors (Lipinski definition) is 0. The molecule has 2 aliphatic carbocycles. The number of carbonyl (C=O) groups excluding carboxylic acids is 1. The first-order valence-electron chi connectivity index (χ1n) is 9.95. The molecule has 5 atom stereocenters. The fourth-order valence-corrected chi connectivity index (χ4v) is 6.76. The molecular formula is C21H36O3. The predicted molar refractivity (Wildman–Crippen MR) is 95.7 cm³/mol. The second kappa shape index (κ2) is 6.30. The third-order valence-electron chi connectivity index (χ3n) is 7.97. The highest BCUT2D eigenvalue weighted by molar-refractivity contribution is 5.72. The molecule has 1 aliphatic heterocycles. The van der Waals surface area contributed by atoms with Gasteiger partial charge >= 0.3 is 5.97 Å². The fourth-order valence-electron chi connectivity index (χ4n) is 6.76. The molecule has 0 bridgehead atoms. The third kappa shape index (κ3) is 2.91. The van der Waals surface area contributed by atoms with Crippen molar-refractivity contribution in [2.24, 2.45) is 28.6 Å². The standard InChI is InChI=1S/C21H36O3/c1-19(2)11-6-12-20(3)16(19)9-13-21(4)17(20)8-7-15(10-14-24-21)18(22)23-5/h15-17H,6-14H2,1-5H3. The number of rotatable bonds is 1. The van der Waals surface area contributed by atoms with Gasteiger partial charge in [-0.2, -0.15) is 0 Å². The minimum absolute atomic E-state index is 0.0140. The molecule has 3 fully saturated rings. The van der Waals surface area contributed by atoms with E-state index in [0.29, 0.717) is 23.4 Å². The van der Waals surface area contributed by atoms with Gasteiger partial charge in [0.1, 0.15) is 0 Å². The highest BCUT2D eigenvalue weighted by Gasteiger charge is 2.58. The molecule has 24 heavy (non-hydrogen) atoms. The number of methoxy groups -OCH3 is 1. The lowest BCUT2D eigenvalue weighted by Gasteiger charge is -2.62. The zero-order valence-corrected chi connectivity index (χ0v) is 16.3. The molecule has 0 aromatic rings. The highest BCUT2D eigenvalue weighted by Crippen LogP contribution is 2.64. The molecular weight excluding hydrogens is 300 g/mol. The van der Waals surface area contributed by atoms with Gasteiger partial charge < -0.3 is 9.47 Å². The van der Waals surface area contributed by atoms with Crippen LogP contribution in [0.1, 0.15) is 79.1 Å². The Labute approximate surface area is 147 Å². The SMILES string of the molecule is COC(=O)C1CCOC2(C)CCC3C(C)(C)CCCC3(C)C2CC1. The van der Waals surface area contributed by atoms with E-state index >= 15 is 0 Å². The molecule has 3 heteroatoms. The Kier molecular flexibility index (Phi) is 4.79. The van der Waals surface area contributed by atoms with Crippen LogP contribution in [-0.4, -0.2) is 25.3 Å². The molecule has 0 radical (unpaired) electrons. The summed E-state index contributed by atoms with van der Waals surface area (Å²) in [6.07, 6.45) is 9.31. The van der Waals surface area contributed by atoms with Gasteiger partial charge in [-0.15, -0.1) is 0 Å². The molecule has 0 amide bonds. The predicted octanol–water partition coefficient (Wildman–Crippen LogP) is 4.98. The fraction of sp³-hybridized carbons (Fsp3) is 0.952. The summed E-state index contributed by atoms with van der Waals surface area (Å²) in [6, 6.07) is 0. The van der Waals surface area contributed by atoms with Gasteiger partial charge in [-0.25, -0.2) is 0 Å². The van der Waals surface area contributed by atoms with Crippen molar-refractivity contribution >= 4 is 5.97 Å². The monoisotopic (exact) mass is 336 g/mol. The van der Waals surface area contributed by atoms with Crippen LogP contribution in [0.2, 0.25) is 0 Å². The lowest BCUT2D eigenvalue weighted by Crippen LogP contribution is -2.59. The first-order valence-corrected chi connectivity index (χ1v) is 9.95. The Morgan fingerprint density at radius 2 is 1.71 bits per heavy atom. The maximum absolute atomic E-state index is 12.1. The summed E-state index contributed by atoms with van der Waals surface area (Å²) >= 11 is 0. The Morgan fingerprint density at radius 3 is 2.42 bits per heavy atom. The van der Waals surface area contributed by atoms with Crippen LogP contribution in [0.3, 0.4) is 0 Å². The van der Waals surface area contributed by atoms with E-state index in [4.69, 9.17) is 9.47 Å². The van der Waals surface area contributed by atoms with Gasteiger partial charge in [0, 0.05) is 6.61 Å². The molecule has 5 unspecified atom stereocenters. The molecule has 1 heterocycles. The number of esters is 1. The normalized spacial score (nSPS) is 45.3. The largest absolute Gasteiger partial charge is 0.469 e. The summed E-state index contributed by atoms with van der Waals surface area (Å²) in [7, 11) is 1.51. The average Bonchev–Trinajstić information content (AvgIpc) is 2.48. The second-order valence-electron chi connectivity index (χ2n) is 9.74. The minimum Gasteiger partial charge on any atom is -0.469 e. The first kappa shape index (κ1) is 18.2. The van der Waals surface area contributed by atoms with Crippen molar-refractivity contribution in [2.75, 3.05) is 13.7 Å². The smallest absolute Gasteiger partial charge is 0.308 e. The number of carbonyl (C=O) groups is 1. The first-order chi connectivity index (χ1) is 11.2. The van der Waals surface area contributed by atoms with Crippen molar-refractivity contribution in [1.82, 2.24) is 0 Å². The van der Waals surface area contributed by atoms with E-state index < -0.39 is 0 Å². The van der Waals surface area contributed by atoms with Gasteiger partial charge in [-0.3, -0.25) is 4.79 Å². The van der Waals surface area contributed by atoms with E-state index in [1.165, 1.54) is 39.2 Å². The van der Waals surface area contributed by atoms with Crippen LogP contribution in [0.15, 0.2) is 0 Å². The lowest BCUT2D eigenvalue weighted by atomic mass is 9.45. The highest BCUT2D eigenvalue weighted by atomic mass is 16.5. The van der Waals surface area contributed by atoms with Crippen LogP contribution in [0.5, 0.6) is 0 Å². The Balaban J connectivity index is 1.88. The van der Waals surface area contributed by atoms with Crippen LogP contribution in [0, 0.1) is 28.6 Å². The Morgan fingerprint density at radius 1 is 0.958 bits per heavy atom. The maximum Gasteiger partial charge on any atom is 0.308 e. The minimum atomic E-state index is -0.0521. The summed E-state index contributed by atoms with van der Waals surface area (Å²) in [4.78, 5) is 12.1. The molecule has 3 rings (SSSR count). The molecule has 0 aromatic carbocycles. The summed E-state index contributed by atoms with van der Waals surface area (Å²) in [5.74, 6) is 1.29. The summed E-state index contributed by atoms with van der Waals surface area (Å²) in [5.41, 5.74) is 0.755. The van der Waals surface area contributed by atoms with Crippen LogP contribution in [0.4, 0.5) is 0 Å². The Bertz CT molecular complexity index is 485. The van der Waals surface area contributed by atoms with Crippen LogP contribution in [0.25, 0.3) is 0 Å². The molecule has 138 valence electrons. The van der Waals surface area contributed by atoms with E-state index in [1.807, 2.05) is 0 Å². The zero-order valence-electron chi connectivity index (χ0n) is 16.3. The molecule has 3 nitrogen and oxygen atoms in total. The average molecular weight is 337 g/mol. The van der Waals surface area contributed by atoms with Crippen LogP contribution >= 0.6 is 0 Å². The summed E-state index contributed by atoms with van der Waals surface area (Å²) in [5, 5.41) is 0. The molecule has 1 saturated heterocycles. The van der Waals surface area contributed by atoms with E-state index in [-0.39, 0.29) is 17.5 Å². The van der Waals surface area contributed by atoms with Gasteiger partial charge in [-0.1, -0.05) is 27.2 Å². The van der Waals surface area contributed by atoms with Crippen LogP contribution in [-0.2, 0) is 14.3 Å². The van der Waals surface area contributed by atoms with E-state index in [2.05, 4.69) is 27.7 Å². The number of ether oxygens (including phenoxy) is 2. The molecule has 2 saturated carbocycles. The quantitative estimate of drug-likeness (QED) is 0.634. The van der Waals surface area contributed by atoms with Crippen molar-refractivity contribution in [3.8, 4) is 0 Å². The van der Waals surface area contributed by atoms with Gasteiger partial charge in [-0.05, 0) is 74.5 Å². The zero-order chi connectivity index (χ0) is 17.6. The molecule has 0 aromatic heterocycles. The van der Waals surface area contributed by atoms with Crippen molar-refractivity contribution in [1.29, 1.82) is 0 Å². The van der Waals surface area contributed by atoms with Crippen molar-refractivity contribution in [3.63, 3.8) is 0 Å². The Hall–Kier alpha value is -0.570. The summed E-state index contributed by atoms with van der Waals surface area (Å²) < 4.78 is 11.5. The number of fused-ring (bicyclic) bond motifs is 3. The van der Waals surface area contributed by atoms with E-state index in [0.717, 1.165) is 25.2 Å². The molecule has 3 aliphatic rings. The number of hydrogen-bond acceptors (Lipinski definition) is 3. The van der Waals surface area contributed by atoms with E-state index in [9.17, 15) is 4.79 Å². The lowest BCUT2D eigenvalue weighted by molar-refractivity contribution is -0.202. The second-order valence-corrected chi connectivity index (χ2v) is 9.74. The molecule has 0 spiro atoms. The van der Waals surface area contributed by atoms with Gasteiger partial charge in [0.2, 0.25) is 0 Å².